The number of carbonyl (C=O) groups is 1. The van der Waals surface area contributed by atoms with Gasteiger partial charge in [0.15, 0.2) is 0 Å². The zero-order chi connectivity index (χ0) is 2.00. The van der Waals surface area contributed by atoms with E-state index in [1.165, 1.54) is 0 Å². The maximum absolute atomic E-state index is 8.00. The first-order valence-corrected chi connectivity index (χ1v) is 0.289. The van der Waals surface area contributed by atoms with Gasteiger partial charge in [-0.2, -0.15) is 0 Å². The molecule has 0 aromatic rings. The molecule has 2 nitrogen and oxygen atoms in total. The SMILES string of the molecule is C=O.N.[Cu+2]. The van der Waals surface area contributed by atoms with E-state index in [9.17, 15) is 0 Å². The summed E-state index contributed by atoms with van der Waals surface area (Å²) in [5, 5.41) is 0. The van der Waals surface area contributed by atoms with Gasteiger partial charge in [0, 0.05) is 0 Å². The Morgan fingerprint density at radius 1 is 1.25 bits per heavy atom. The molecule has 0 saturated heterocycles. The third-order valence-electron chi connectivity index (χ3n) is 0. The van der Waals surface area contributed by atoms with E-state index in [-0.39, 0.29) is 23.2 Å². The molecule has 0 aromatic carbocycles. The Morgan fingerprint density at radius 2 is 1.25 bits per heavy atom. The maximum atomic E-state index is 8.00. The van der Waals surface area contributed by atoms with Crippen LogP contribution in [0.25, 0.3) is 0 Å². The van der Waals surface area contributed by atoms with Gasteiger partial charge >= 0.3 is 17.1 Å². The van der Waals surface area contributed by atoms with E-state index in [4.69, 9.17) is 4.79 Å². The molecular weight excluding hydrogens is 106 g/mol. The number of hydrogen-bond acceptors (Lipinski definition) is 2. The summed E-state index contributed by atoms with van der Waals surface area (Å²) in [4.78, 5) is 8.00. The van der Waals surface area contributed by atoms with Crippen molar-refractivity contribution in [1.82, 2.24) is 6.15 Å². The Labute approximate surface area is 35.6 Å². The van der Waals surface area contributed by atoms with Crippen LogP contribution >= 0.6 is 0 Å². The Morgan fingerprint density at radius 3 is 1.25 bits per heavy atom. The monoisotopic (exact) mass is 110 g/mol. The van der Waals surface area contributed by atoms with Gasteiger partial charge in [0.25, 0.3) is 0 Å². The molecule has 0 aliphatic rings. The van der Waals surface area contributed by atoms with Crippen molar-refractivity contribution >= 4 is 6.79 Å². The van der Waals surface area contributed by atoms with Gasteiger partial charge in [-0.1, -0.05) is 0 Å². The van der Waals surface area contributed by atoms with E-state index in [1.54, 1.807) is 0 Å². The third kappa shape index (κ3) is 127. The molecule has 0 unspecified atom stereocenters. The van der Waals surface area contributed by atoms with Crippen molar-refractivity contribution in [2.24, 2.45) is 0 Å². The van der Waals surface area contributed by atoms with Crippen LogP contribution < -0.4 is 6.15 Å². The van der Waals surface area contributed by atoms with Gasteiger partial charge in [0.05, 0.1) is 0 Å². The first-order valence-electron chi connectivity index (χ1n) is 0.289. The van der Waals surface area contributed by atoms with E-state index in [1.807, 2.05) is 6.79 Å². The zero-order valence-electron chi connectivity index (χ0n) is 2.12. The first kappa shape index (κ1) is 31.2. The smallest absolute Gasteiger partial charge is 0.344 e. The number of carbonyl (C=O) groups excluding carboxylic acids is 1. The molecule has 0 amide bonds. The minimum atomic E-state index is 0. The third-order valence-corrected chi connectivity index (χ3v) is 0. The Balaban J connectivity index is -0.00000000500. The molecular formula is CH5CuNO+2. The van der Waals surface area contributed by atoms with Gasteiger partial charge < -0.3 is 10.9 Å². The average Bonchev–Trinajstić information content (AvgIpc) is 1.00. The fourth-order valence-electron chi connectivity index (χ4n) is 0. The quantitative estimate of drug-likeness (QED) is 0.446. The largest absolute Gasteiger partial charge is 2.00 e. The van der Waals surface area contributed by atoms with Crippen molar-refractivity contribution in [3.8, 4) is 0 Å². The predicted molar refractivity (Wildman–Crippen MR) is 12.1 cm³/mol. The molecule has 3 heteroatoms. The summed E-state index contributed by atoms with van der Waals surface area (Å²) in [7, 11) is 0. The fraction of sp³-hybridized carbons (Fsp3) is 0. The summed E-state index contributed by atoms with van der Waals surface area (Å²) in [5.74, 6) is 0. The average molecular weight is 111 g/mol. The molecule has 0 aliphatic heterocycles. The summed E-state index contributed by atoms with van der Waals surface area (Å²) in [6.45, 7) is 2.00. The van der Waals surface area contributed by atoms with E-state index in [0.29, 0.717) is 0 Å². The standard InChI is InChI=1S/CH2O.Cu.H3N/c1-2;;/h1H2;;1H3/q;+2;. The van der Waals surface area contributed by atoms with Crippen LogP contribution in [0.15, 0.2) is 0 Å². The second-order valence-electron chi connectivity index (χ2n) is 0. The van der Waals surface area contributed by atoms with Gasteiger partial charge in [-0.3, -0.25) is 0 Å². The predicted octanol–water partition coefficient (Wildman–Crippen LogP) is -0.0254. The second-order valence-corrected chi connectivity index (χ2v) is 0. The van der Waals surface area contributed by atoms with E-state index in [0.717, 1.165) is 0 Å². The van der Waals surface area contributed by atoms with E-state index < -0.39 is 0 Å². The molecule has 0 atom stereocenters. The molecule has 0 saturated carbocycles. The fourth-order valence-corrected chi connectivity index (χ4v) is 0. The van der Waals surface area contributed by atoms with E-state index in [2.05, 4.69) is 0 Å². The summed E-state index contributed by atoms with van der Waals surface area (Å²) in [6.07, 6.45) is 0. The van der Waals surface area contributed by atoms with Crippen LogP contribution in [0.4, 0.5) is 0 Å². The van der Waals surface area contributed by atoms with Crippen LogP contribution in [0, 0.1) is 0 Å². The second kappa shape index (κ2) is 651. The normalized spacial score (nSPS) is 1.00. The summed E-state index contributed by atoms with van der Waals surface area (Å²) in [6, 6.07) is 0. The van der Waals surface area contributed by atoms with Gasteiger partial charge in [0.2, 0.25) is 0 Å². The van der Waals surface area contributed by atoms with Crippen LogP contribution in [-0.4, -0.2) is 6.79 Å². The van der Waals surface area contributed by atoms with Crippen molar-refractivity contribution in [2.45, 2.75) is 0 Å². The topological polar surface area (TPSA) is 52.1 Å². The zero-order valence-corrected chi connectivity index (χ0v) is 3.07. The molecule has 0 bridgehead atoms. The molecule has 0 spiro atoms. The molecule has 29 valence electrons. The van der Waals surface area contributed by atoms with Crippen molar-refractivity contribution in [2.75, 3.05) is 0 Å². The Bertz CT molecular complexity index is 8.00. The number of hydrogen-bond donors (Lipinski definition) is 1. The number of rotatable bonds is 0. The van der Waals surface area contributed by atoms with Crippen molar-refractivity contribution in [3.05, 3.63) is 0 Å². The molecule has 1 radical (unpaired) electrons. The minimum Gasteiger partial charge on any atom is -0.344 e. The Hall–Kier alpha value is 0.149. The van der Waals surface area contributed by atoms with Gasteiger partial charge in [-0.05, 0) is 0 Å². The van der Waals surface area contributed by atoms with Gasteiger partial charge in [-0.15, -0.1) is 0 Å². The van der Waals surface area contributed by atoms with Crippen LogP contribution in [0.1, 0.15) is 0 Å². The molecule has 0 heterocycles. The molecule has 3 N–H and O–H groups in total. The van der Waals surface area contributed by atoms with Crippen LogP contribution in [0.3, 0.4) is 0 Å². The van der Waals surface area contributed by atoms with E-state index >= 15 is 0 Å². The first-order chi connectivity index (χ1) is 1.00. The molecule has 0 aliphatic carbocycles. The molecule has 4 heavy (non-hydrogen) atoms. The molecule has 0 rings (SSSR count). The van der Waals surface area contributed by atoms with Crippen molar-refractivity contribution < 1.29 is 21.9 Å². The molecule has 0 aromatic heterocycles. The van der Waals surface area contributed by atoms with Crippen molar-refractivity contribution in [1.29, 1.82) is 0 Å². The molecule has 0 fully saturated rings. The van der Waals surface area contributed by atoms with Crippen LogP contribution in [0.5, 0.6) is 0 Å². The summed E-state index contributed by atoms with van der Waals surface area (Å²) >= 11 is 0. The van der Waals surface area contributed by atoms with Crippen LogP contribution in [0.2, 0.25) is 0 Å². The summed E-state index contributed by atoms with van der Waals surface area (Å²) in [5.41, 5.74) is 0. The van der Waals surface area contributed by atoms with Gasteiger partial charge in [0.1, 0.15) is 6.79 Å². The minimum absolute atomic E-state index is 0. The van der Waals surface area contributed by atoms with Crippen LogP contribution in [-0.2, 0) is 21.9 Å². The maximum Gasteiger partial charge on any atom is 2.00 e. The Kier molecular flexibility index (Phi) is 5070. The summed E-state index contributed by atoms with van der Waals surface area (Å²) < 4.78 is 0. The van der Waals surface area contributed by atoms with Gasteiger partial charge in [-0.25, -0.2) is 0 Å². The van der Waals surface area contributed by atoms with Crippen molar-refractivity contribution in [3.63, 3.8) is 0 Å².